The molecule has 0 bridgehead atoms. The Kier molecular flexibility index (Phi) is 4.52. The van der Waals surface area contributed by atoms with E-state index in [0.29, 0.717) is 45.1 Å². The van der Waals surface area contributed by atoms with Crippen LogP contribution in [0.3, 0.4) is 0 Å². The summed E-state index contributed by atoms with van der Waals surface area (Å²) in [5.41, 5.74) is 19.0. The number of rotatable bonds is 4. The molecule has 0 atom stereocenters. The third kappa shape index (κ3) is 2.62. The van der Waals surface area contributed by atoms with Crippen LogP contribution in [-0.2, 0) is 15.1 Å². The first-order valence-electron chi connectivity index (χ1n) is 8.89. The number of benzene rings is 2. The molecule has 0 saturated heterocycles. The van der Waals surface area contributed by atoms with Gasteiger partial charge in [-0.05, 0) is 30.1 Å². The minimum atomic E-state index is -1.29. The highest BCUT2D eigenvalue weighted by Gasteiger charge is 2.53. The van der Waals surface area contributed by atoms with E-state index >= 15 is 0 Å². The maximum absolute atomic E-state index is 12.8. The molecule has 1 spiro atoms. The van der Waals surface area contributed by atoms with E-state index in [1.165, 1.54) is 6.08 Å². The molecule has 2 aromatic rings. The maximum atomic E-state index is 12.8. The van der Waals surface area contributed by atoms with Gasteiger partial charge in [0.05, 0.1) is 5.57 Å². The molecule has 9 heteroatoms. The van der Waals surface area contributed by atoms with Gasteiger partial charge in [0.1, 0.15) is 11.5 Å². The third-order valence-electron chi connectivity index (χ3n) is 4.90. The van der Waals surface area contributed by atoms with Gasteiger partial charge in [-0.2, -0.15) is 0 Å². The normalized spacial score (nSPS) is 18.8. The Balaban J connectivity index is 2.10. The predicted molar refractivity (Wildman–Crippen MR) is 109 cm³/mol. The summed E-state index contributed by atoms with van der Waals surface area (Å²) < 4.78 is 12.0. The van der Waals surface area contributed by atoms with Gasteiger partial charge in [-0.15, -0.1) is 0 Å². The van der Waals surface area contributed by atoms with Gasteiger partial charge in [0.25, 0.3) is 0 Å². The van der Waals surface area contributed by atoms with Crippen LogP contribution in [0.1, 0.15) is 18.1 Å². The standard InChI is InChI=1S/C21H14N6O3/c1-3-5-15-14(4-2)20(28)30-21(15)16-8-6-12(24-26-22)10-18(16)29-19-11-13(25-27-23)7-9-17(19)21/h3-11H,2H2,1H3/b5-3-. The lowest BCUT2D eigenvalue weighted by molar-refractivity contribution is -0.144. The van der Waals surface area contributed by atoms with Crippen molar-refractivity contribution in [3.63, 3.8) is 0 Å². The zero-order valence-corrected chi connectivity index (χ0v) is 15.8. The Bertz CT molecular complexity index is 1200. The monoisotopic (exact) mass is 398 g/mol. The van der Waals surface area contributed by atoms with Crippen LogP contribution >= 0.6 is 0 Å². The van der Waals surface area contributed by atoms with Crippen LogP contribution in [0, 0.1) is 0 Å². The van der Waals surface area contributed by atoms with Crippen molar-refractivity contribution in [1.82, 2.24) is 0 Å². The molecule has 0 fully saturated rings. The van der Waals surface area contributed by atoms with Crippen LogP contribution < -0.4 is 4.74 Å². The number of carbonyl (C=O) groups is 1. The zero-order chi connectivity index (χ0) is 21.3. The second-order valence-electron chi connectivity index (χ2n) is 6.44. The molecule has 4 rings (SSSR count). The van der Waals surface area contributed by atoms with Crippen LogP contribution in [-0.4, -0.2) is 5.97 Å². The summed E-state index contributed by atoms with van der Waals surface area (Å²) in [5, 5.41) is 7.24. The summed E-state index contributed by atoms with van der Waals surface area (Å²) in [4.78, 5) is 18.4. The first kappa shape index (κ1) is 18.9. The molecule has 2 heterocycles. The van der Waals surface area contributed by atoms with Crippen LogP contribution in [0.15, 0.2) is 82.6 Å². The summed E-state index contributed by atoms with van der Waals surface area (Å²) in [6, 6.07) is 9.77. The highest BCUT2D eigenvalue weighted by Crippen LogP contribution is 2.57. The molecule has 9 nitrogen and oxygen atoms in total. The molecule has 2 aromatic carbocycles. The number of nitrogens with zero attached hydrogens (tertiary/aromatic N) is 6. The number of ether oxygens (including phenoxy) is 2. The highest BCUT2D eigenvalue weighted by atomic mass is 16.6. The van der Waals surface area contributed by atoms with Gasteiger partial charge in [0.2, 0.25) is 0 Å². The predicted octanol–water partition coefficient (Wildman–Crippen LogP) is 6.54. The van der Waals surface area contributed by atoms with Gasteiger partial charge >= 0.3 is 5.97 Å². The van der Waals surface area contributed by atoms with E-state index < -0.39 is 11.6 Å². The number of allylic oxidation sites excluding steroid dienone is 1. The fraction of sp³-hybridized carbons (Fsp3) is 0.0952. The van der Waals surface area contributed by atoms with E-state index in [1.807, 2.05) is 6.92 Å². The van der Waals surface area contributed by atoms with E-state index in [4.69, 9.17) is 20.5 Å². The average Bonchev–Trinajstić information content (AvgIpc) is 3.00. The van der Waals surface area contributed by atoms with E-state index in [0.717, 1.165) is 0 Å². The van der Waals surface area contributed by atoms with Crippen molar-refractivity contribution in [3.05, 3.63) is 104 Å². The molecule has 30 heavy (non-hydrogen) atoms. The number of esters is 1. The Morgan fingerprint density at radius 3 is 2.07 bits per heavy atom. The summed E-state index contributed by atoms with van der Waals surface area (Å²) in [5.74, 6) is 0.186. The van der Waals surface area contributed by atoms with Crippen molar-refractivity contribution in [1.29, 1.82) is 0 Å². The number of fused-ring (bicyclic) bond motifs is 4. The lowest BCUT2D eigenvalue weighted by atomic mass is 9.77. The molecule has 0 aliphatic carbocycles. The Morgan fingerprint density at radius 2 is 1.60 bits per heavy atom. The van der Waals surface area contributed by atoms with Gasteiger partial charge in [-0.25, -0.2) is 4.79 Å². The molecule has 0 radical (unpaired) electrons. The quantitative estimate of drug-likeness (QED) is 0.250. The van der Waals surface area contributed by atoms with E-state index in [1.54, 1.807) is 48.6 Å². The lowest BCUT2D eigenvalue weighted by Gasteiger charge is -2.37. The van der Waals surface area contributed by atoms with Crippen molar-refractivity contribution < 1.29 is 14.3 Å². The topological polar surface area (TPSA) is 133 Å². The molecule has 0 unspecified atom stereocenters. The molecule has 146 valence electrons. The minimum absolute atomic E-state index is 0.338. The fourth-order valence-corrected chi connectivity index (χ4v) is 3.78. The lowest BCUT2D eigenvalue weighted by Crippen LogP contribution is -2.33. The van der Waals surface area contributed by atoms with Crippen molar-refractivity contribution in [2.24, 2.45) is 10.2 Å². The molecule has 0 aromatic heterocycles. The van der Waals surface area contributed by atoms with Crippen molar-refractivity contribution >= 4 is 17.3 Å². The summed E-state index contributed by atoms with van der Waals surface area (Å²) in [6.07, 6.45) is 5.06. The SMILES string of the molecule is C=CC1=C(/C=C\C)C2(OC1=O)c1ccc(N=[N+]=[N-])cc1Oc1cc(N=[N+]=[N-])ccc12. The second-order valence-corrected chi connectivity index (χ2v) is 6.44. The Labute approximate surface area is 170 Å². The van der Waals surface area contributed by atoms with Gasteiger partial charge in [0, 0.05) is 37.9 Å². The van der Waals surface area contributed by atoms with Gasteiger partial charge in [-0.1, -0.05) is 59.3 Å². The first-order valence-corrected chi connectivity index (χ1v) is 8.89. The Morgan fingerprint density at radius 1 is 1.03 bits per heavy atom. The van der Waals surface area contributed by atoms with Crippen LogP contribution in [0.5, 0.6) is 11.5 Å². The number of hydrogen-bond acceptors (Lipinski definition) is 5. The van der Waals surface area contributed by atoms with Crippen LogP contribution in [0.25, 0.3) is 20.9 Å². The minimum Gasteiger partial charge on any atom is -0.456 e. The van der Waals surface area contributed by atoms with E-state index in [2.05, 4.69) is 26.6 Å². The van der Waals surface area contributed by atoms with E-state index in [9.17, 15) is 4.79 Å². The molecule has 0 amide bonds. The smallest absolute Gasteiger partial charge is 0.340 e. The zero-order valence-electron chi connectivity index (χ0n) is 15.8. The summed E-state index contributed by atoms with van der Waals surface area (Å²) >= 11 is 0. The summed E-state index contributed by atoms with van der Waals surface area (Å²) in [6.45, 7) is 5.59. The van der Waals surface area contributed by atoms with Crippen molar-refractivity contribution in [2.45, 2.75) is 12.5 Å². The third-order valence-corrected chi connectivity index (χ3v) is 4.90. The van der Waals surface area contributed by atoms with Crippen molar-refractivity contribution in [2.75, 3.05) is 0 Å². The van der Waals surface area contributed by atoms with Crippen molar-refractivity contribution in [3.8, 4) is 11.5 Å². The summed E-state index contributed by atoms with van der Waals surface area (Å²) in [7, 11) is 0. The first-order chi connectivity index (χ1) is 14.6. The number of azide groups is 2. The number of hydrogen-bond donors (Lipinski definition) is 0. The average molecular weight is 398 g/mol. The van der Waals surface area contributed by atoms with Crippen LogP contribution in [0.2, 0.25) is 0 Å². The second kappa shape index (κ2) is 7.18. The highest BCUT2D eigenvalue weighted by molar-refractivity contribution is 5.98. The molecule has 0 saturated carbocycles. The van der Waals surface area contributed by atoms with Gasteiger partial charge in [0.15, 0.2) is 5.60 Å². The molecule has 0 N–H and O–H groups in total. The maximum Gasteiger partial charge on any atom is 0.340 e. The Hall–Kier alpha value is -4.45. The molecule has 2 aliphatic heterocycles. The molecular formula is C21H14N6O3. The van der Waals surface area contributed by atoms with Crippen LogP contribution in [0.4, 0.5) is 11.4 Å². The van der Waals surface area contributed by atoms with Gasteiger partial charge < -0.3 is 9.47 Å². The molecule has 2 aliphatic rings. The van der Waals surface area contributed by atoms with E-state index in [-0.39, 0.29) is 0 Å². The number of carbonyl (C=O) groups excluding carboxylic acids is 1. The largest absolute Gasteiger partial charge is 0.456 e. The fourth-order valence-electron chi connectivity index (χ4n) is 3.78. The van der Waals surface area contributed by atoms with Gasteiger partial charge in [-0.3, -0.25) is 0 Å². The molecular weight excluding hydrogens is 384 g/mol.